The van der Waals surface area contributed by atoms with Crippen molar-refractivity contribution in [2.75, 3.05) is 0 Å². The summed E-state index contributed by atoms with van der Waals surface area (Å²) in [5.74, 6) is -0.362. The van der Waals surface area contributed by atoms with Crippen LogP contribution >= 0.6 is 11.6 Å². The zero-order valence-electron chi connectivity index (χ0n) is 12.1. The van der Waals surface area contributed by atoms with Gasteiger partial charge in [0.25, 0.3) is 0 Å². The van der Waals surface area contributed by atoms with Gasteiger partial charge in [-0.05, 0) is 49.6 Å². The third-order valence-electron chi connectivity index (χ3n) is 4.47. The van der Waals surface area contributed by atoms with E-state index in [9.17, 15) is 4.39 Å². The molecule has 1 aliphatic rings. The molecule has 4 heteroatoms. The molecule has 1 fully saturated rings. The summed E-state index contributed by atoms with van der Waals surface area (Å²) in [4.78, 5) is 0. The number of nitrogens with zero attached hydrogens (tertiary/aromatic N) is 2. The van der Waals surface area contributed by atoms with Crippen LogP contribution in [0.1, 0.15) is 49.1 Å². The fourth-order valence-electron chi connectivity index (χ4n) is 3.30. The van der Waals surface area contributed by atoms with Crippen molar-refractivity contribution in [2.45, 2.75) is 44.4 Å². The van der Waals surface area contributed by atoms with Crippen molar-refractivity contribution in [1.29, 1.82) is 0 Å². The molecule has 0 bridgehead atoms. The number of hydrogen-bond acceptors (Lipinski definition) is 2. The van der Waals surface area contributed by atoms with Gasteiger partial charge in [-0.25, -0.2) is 4.39 Å². The molecular formula is C17H18ClFN2. The summed E-state index contributed by atoms with van der Waals surface area (Å²) in [5.41, 5.74) is 2.56. The van der Waals surface area contributed by atoms with E-state index < -0.39 is 0 Å². The van der Waals surface area contributed by atoms with Crippen molar-refractivity contribution in [3.8, 4) is 0 Å². The molecule has 1 saturated carbocycles. The number of rotatable bonds is 2. The highest BCUT2D eigenvalue weighted by Gasteiger charge is 2.37. The van der Waals surface area contributed by atoms with E-state index in [1.54, 1.807) is 12.1 Å². The summed E-state index contributed by atoms with van der Waals surface area (Å²) in [6, 6.07) is 9.14. The molecule has 0 spiro atoms. The van der Waals surface area contributed by atoms with Gasteiger partial charge in [-0.1, -0.05) is 36.9 Å². The first kappa shape index (κ1) is 14.5. The van der Waals surface area contributed by atoms with Crippen LogP contribution < -0.4 is 0 Å². The van der Waals surface area contributed by atoms with E-state index in [2.05, 4.69) is 10.2 Å². The lowest BCUT2D eigenvalue weighted by Gasteiger charge is -2.37. The van der Waals surface area contributed by atoms with Crippen LogP contribution in [0.25, 0.3) is 0 Å². The van der Waals surface area contributed by atoms with Crippen molar-refractivity contribution in [1.82, 2.24) is 10.2 Å². The number of aryl methyl sites for hydroxylation is 1. The Bertz CT molecular complexity index is 634. The Morgan fingerprint density at radius 2 is 1.81 bits per heavy atom. The zero-order chi connectivity index (χ0) is 14.9. The maximum Gasteiger partial charge on any atom is 0.142 e. The highest BCUT2D eigenvalue weighted by molar-refractivity contribution is 6.30. The standard InChI is InChI=1S/C17H18ClFN2/c1-12-5-8-16(21-20-12)17(9-3-2-4-10-17)13-6-7-14(18)15(19)11-13/h5-8,11H,2-4,9-10H2,1H3. The van der Waals surface area contributed by atoms with Gasteiger partial charge in [-0.15, -0.1) is 0 Å². The predicted octanol–water partition coefficient (Wildman–Crippen LogP) is 4.83. The SMILES string of the molecule is Cc1ccc(C2(c3ccc(Cl)c(F)c3)CCCCC2)nn1. The van der Waals surface area contributed by atoms with E-state index in [0.29, 0.717) is 0 Å². The minimum atomic E-state index is -0.362. The molecule has 110 valence electrons. The quantitative estimate of drug-likeness (QED) is 0.794. The van der Waals surface area contributed by atoms with Crippen LogP contribution in [0.5, 0.6) is 0 Å². The Morgan fingerprint density at radius 1 is 1.05 bits per heavy atom. The number of halogens is 2. The first-order valence-corrected chi connectivity index (χ1v) is 7.76. The number of hydrogen-bond donors (Lipinski definition) is 0. The van der Waals surface area contributed by atoms with Crippen LogP contribution in [0.4, 0.5) is 4.39 Å². The van der Waals surface area contributed by atoms with Gasteiger partial charge in [0, 0.05) is 5.41 Å². The van der Waals surface area contributed by atoms with Gasteiger partial charge in [0.15, 0.2) is 0 Å². The average molecular weight is 305 g/mol. The molecule has 0 atom stereocenters. The lowest BCUT2D eigenvalue weighted by Crippen LogP contribution is -2.32. The van der Waals surface area contributed by atoms with Crippen LogP contribution in [0.3, 0.4) is 0 Å². The van der Waals surface area contributed by atoms with E-state index in [-0.39, 0.29) is 16.3 Å². The lowest BCUT2D eigenvalue weighted by molar-refractivity contribution is 0.335. The molecule has 1 aliphatic carbocycles. The topological polar surface area (TPSA) is 25.8 Å². The van der Waals surface area contributed by atoms with Crippen molar-refractivity contribution < 1.29 is 4.39 Å². The van der Waals surface area contributed by atoms with E-state index in [4.69, 9.17) is 11.6 Å². The summed E-state index contributed by atoms with van der Waals surface area (Å²) in [6.45, 7) is 1.92. The van der Waals surface area contributed by atoms with E-state index in [1.807, 2.05) is 25.1 Å². The van der Waals surface area contributed by atoms with E-state index in [0.717, 1.165) is 42.6 Å². The highest BCUT2D eigenvalue weighted by atomic mass is 35.5. The molecule has 2 aromatic rings. The third-order valence-corrected chi connectivity index (χ3v) is 4.77. The Labute approximate surface area is 129 Å². The molecule has 0 unspecified atom stereocenters. The van der Waals surface area contributed by atoms with Crippen LogP contribution in [0.2, 0.25) is 5.02 Å². The summed E-state index contributed by atoms with van der Waals surface area (Å²) < 4.78 is 13.9. The van der Waals surface area contributed by atoms with Crippen molar-refractivity contribution in [3.05, 3.63) is 58.1 Å². The second kappa shape index (κ2) is 5.72. The second-order valence-electron chi connectivity index (χ2n) is 5.83. The molecule has 0 saturated heterocycles. The van der Waals surface area contributed by atoms with Gasteiger partial charge < -0.3 is 0 Å². The molecule has 1 heterocycles. The fraction of sp³-hybridized carbons (Fsp3) is 0.412. The minimum absolute atomic E-state index is 0.166. The van der Waals surface area contributed by atoms with E-state index >= 15 is 0 Å². The summed E-state index contributed by atoms with van der Waals surface area (Å²) in [6.07, 6.45) is 5.42. The van der Waals surface area contributed by atoms with Gasteiger partial charge in [0.2, 0.25) is 0 Å². The number of aromatic nitrogens is 2. The predicted molar refractivity (Wildman–Crippen MR) is 82.0 cm³/mol. The molecule has 0 N–H and O–H groups in total. The lowest BCUT2D eigenvalue weighted by atomic mass is 9.67. The number of benzene rings is 1. The maximum absolute atomic E-state index is 13.9. The van der Waals surface area contributed by atoms with Gasteiger partial charge in [-0.3, -0.25) is 0 Å². The van der Waals surface area contributed by atoms with Crippen molar-refractivity contribution in [3.63, 3.8) is 0 Å². The van der Waals surface area contributed by atoms with Crippen molar-refractivity contribution >= 4 is 11.6 Å². The normalized spacial score (nSPS) is 17.7. The molecule has 0 aliphatic heterocycles. The Balaban J connectivity index is 2.12. The van der Waals surface area contributed by atoms with Crippen LogP contribution in [0.15, 0.2) is 30.3 Å². The maximum atomic E-state index is 13.9. The Morgan fingerprint density at radius 3 is 2.43 bits per heavy atom. The van der Waals surface area contributed by atoms with Gasteiger partial charge in [0.05, 0.1) is 16.4 Å². The van der Waals surface area contributed by atoms with E-state index in [1.165, 1.54) is 6.42 Å². The molecule has 1 aromatic heterocycles. The molecule has 1 aromatic carbocycles. The van der Waals surface area contributed by atoms with Crippen LogP contribution in [-0.2, 0) is 5.41 Å². The molecule has 0 radical (unpaired) electrons. The van der Waals surface area contributed by atoms with Gasteiger partial charge in [-0.2, -0.15) is 10.2 Å². The molecular weight excluding hydrogens is 287 g/mol. The summed E-state index contributed by atoms with van der Waals surface area (Å²) in [7, 11) is 0. The highest BCUT2D eigenvalue weighted by Crippen LogP contribution is 2.44. The second-order valence-corrected chi connectivity index (χ2v) is 6.24. The first-order valence-electron chi connectivity index (χ1n) is 7.38. The average Bonchev–Trinajstić information content (AvgIpc) is 2.51. The third kappa shape index (κ3) is 2.67. The van der Waals surface area contributed by atoms with Gasteiger partial charge >= 0.3 is 0 Å². The van der Waals surface area contributed by atoms with Crippen molar-refractivity contribution in [2.24, 2.45) is 0 Å². The summed E-state index contributed by atoms with van der Waals surface area (Å²) in [5, 5.41) is 8.76. The Hall–Kier alpha value is -1.48. The smallest absolute Gasteiger partial charge is 0.142 e. The minimum Gasteiger partial charge on any atom is -0.205 e. The largest absolute Gasteiger partial charge is 0.205 e. The monoisotopic (exact) mass is 304 g/mol. The molecule has 21 heavy (non-hydrogen) atoms. The van der Waals surface area contributed by atoms with Gasteiger partial charge in [0.1, 0.15) is 5.82 Å². The summed E-state index contributed by atoms with van der Waals surface area (Å²) >= 11 is 5.83. The zero-order valence-corrected chi connectivity index (χ0v) is 12.8. The molecule has 0 amide bonds. The van der Waals surface area contributed by atoms with Crippen LogP contribution in [-0.4, -0.2) is 10.2 Å². The van der Waals surface area contributed by atoms with Crippen LogP contribution in [0, 0.1) is 12.7 Å². The fourth-order valence-corrected chi connectivity index (χ4v) is 3.41. The Kier molecular flexibility index (Phi) is 3.94. The molecule has 2 nitrogen and oxygen atoms in total. The first-order chi connectivity index (χ1) is 10.1. The molecule has 3 rings (SSSR count).